The second kappa shape index (κ2) is 5.00. The van der Waals surface area contributed by atoms with E-state index in [2.05, 4.69) is 53.6 Å². The Morgan fingerprint density at radius 1 is 1.38 bits per heavy atom. The Bertz CT molecular complexity index is 391. The summed E-state index contributed by atoms with van der Waals surface area (Å²) < 4.78 is 5.61. The average molecular weight is 285 g/mol. The minimum Gasteiger partial charge on any atom is -0.469 e. The fraction of sp³-hybridized carbons (Fsp3) is 0.462. The van der Waals surface area contributed by atoms with Gasteiger partial charge in [-0.05, 0) is 22.6 Å². The molecule has 0 saturated carbocycles. The number of carbonyl (C=O) groups excluding carboxylic acids is 1. The standard InChI is InChI=1S/C13H17BrO2/c1-13(2,3)10-6-5-9(11(14)8-10)7-12(15)16-4/h5-6,8H,7H2,1-4H3. The second-order valence-corrected chi connectivity index (χ2v) is 5.66. The molecule has 1 rings (SSSR count). The van der Waals surface area contributed by atoms with Crippen molar-refractivity contribution in [2.75, 3.05) is 7.11 Å². The Balaban J connectivity index is 2.96. The molecule has 1 aromatic rings. The molecule has 0 bridgehead atoms. The van der Waals surface area contributed by atoms with Crippen LogP contribution in [0.25, 0.3) is 0 Å². The zero-order valence-corrected chi connectivity index (χ0v) is 11.7. The molecule has 1 aromatic carbocycles. The predicted molar refractivity (Wildman–Crippen MR) is 68.6 cm³/mol. The van der Waals surface area contributed by atoms with Crippen LogP contribution in [0.1, 0.15) is 31.9 Å². The summed E-state index contributed by atoms with van der Waals surface area (Å²) in [7, 11) is 1.40. The summed E-state index contributed by atoms with van der Waals surface area (Å²) >= 11 is 3.49. The van der Waals surface area contributed by atoms with Crippen molar-refractivity contribution in [3.63, 3.8) is 0 Å². The molecule has 0 amide bonds. The molecule has 16 heavy (non-hydrogen) atoms. The van der Waals surface area contributed by atoms with E-state index in [-0.39, 0.29) is 11.4 Å². The zero-order valence-electron chi connectivity index (χ0n) is 10.1. The number of benzene rings is 1. The van der Waals surface area contributed by atoms with E-state index in [0.29, 0.717) is 6.42 Å². The summed E-state index contributed by atoms with van der Waals surface area (Å²) in [5, 5.41) is 0. The quantitative estimate of drug-likeness (QED) is 0.778. The molecule has 0 atom stereocenters. The van der Waals surface area contributed by atoms with E-state index in [1.807, 2.05) is 6.07 Å². The van der Waals surface area contributed by atoms with Gasteiger partial charge in [-0.15, -0.1) is 0 Å². The van der Waals surface area contributed by atoms with Crippen molar-refractivity contribution in [2.24, 2.45) is 0 Å². The maximum absolute atomic E-state index is 11.2. The van der Waals surface area contributed by atoms with Gasteiger partial charge in [0.25, 0.3) is 0 Å². The highest BCUT2D eigenvalue weighted by Crippen LogP contribution is 2.27. The third kappa shape index (κ3) is 3.34. The summed E-state index contributed by atoms with van der Waals surface area (Å²) in [5.74, 6) is -0.218. The molecule has 0 aliphatic carbocycles. The fourth-order valence-electron chi connectivity index (χ4n) is 1.38. The molecular formula is C13H17BrO2. The van der Waals surface area contributed by atoms with Crippen molar-refractivity contribution in [1.82, 2.24) is 0 Å². The topological polar surface area (TPSA) is 26.3 Å². The van der Waals surface area contributed by atoms with E-state index in [4.69, 9.17) is 0 Å². The molecule has 0 N–H and O–H groups in total. The normalized spacial score (nSPS) is 11.3. The lowest BCUT2D eigenvalue weighted by molar-refractivity contribution is -0.139. The van der Waals surface area contributed by atoms with Gasteiger partial charge in [0.05, 0.1) is 13.5 Å². The summed E-state index contributed by atoms with van der Waals surface area (Å²) in [4.78, 5) is 11.2. The molecule has 0 saturated heterocycles. The second-order valence-electron chi connectivity index (χ2n) is 4.81. The Morgan fingerprint density at radius 2 is 2.00 bits per heavy atom. The van der Waals surface area contributed by atoms with Crippen LogP contribution in [-0.4, -0.2) is 13.1 Å². The number of halogens is 1. The maximum atomic E-state index is 11.2. The molecule has 0 fully saturated rings. The lowest BCUT2D eigenvalue weighted by Crippen LogP contribution is -2.12. The summed E-state index contributed by atoms with van der Waals surface area (Å²) in [5.41, 5.74) is 2.32. The summed E-state index contributed by atoms with van der Waals surface area (Å²) in [6.07, 6.45) is 0.307. The van der Waals surface area contributed by atoms with Crippen LogP contribution in [0.3, 0.4) is 0 Å². The average Bonchev–Trinajstić information content (AvgIpc) is 2.19. The van der Waals surface area contributed by atoms with E-state index in [0.717, 1.165) is 10.0 Å². The first-order valence-electron chi connectivity index (χ1n) is 5.20. The van der Waals surface area contributed by atoms with Crippen LogP contribution in [-0.2, 0) is 21.4 Å². The molecule has 2 nitrogen and oxygen atoms in total. The van der Waals surface area contributed by atoms with Crippen LogP contribution in [0.4, 0.5) is 0 Å². The molecule has 88 valence electrons. The third-order valence-electron chi connectivity index (χ3n) is 2.48. The van der Waals surface area contributed by atoms with Gasteiger partial charge >= 0.3 is 5.97 Å². The number of ether oxygens (including phenoxy) is 1. The highest BCUT2D eigenvalue weighted by atomic mass is 79.9. The monoisotopic (exact) mass is 284 g/mol. The maximum Gasteiger partial charge on any atom is 0.310 e. The van der Waals surface area contributed by atoms with E-state index in [1.54, 1.807) is 0 Å². The van der Waals surface area contributed by atoms with Crippen molar-refractivity contribution in [3.8, 4) is 0 Å². The van der Waals surface area contributed by atoms with E-state index in [9.17, 15) is 4.79 Å². The van der Waals surface area contributed by atoms with Gasteiger partial charge in [0.2, 0.25) is 0 Å². The van der Waals surface area contributed by atoms with E-state index >= 15 is 0 Å². The summed E-state index contributed by atoms with van der Waals surface area (Å²) in [6.45, 7) is 6.48. The van der Waals surface area contributed by atoms with Crippen LogP contribution in [0.5, 0.6) is 0 Å². The molecule has 3 heteroatoms. The van der Waals surface area contributed by atoms with Gasteiger partial charge in [-0.25, -0.2) is 0 Å². The van der Waals surface area contributed by atoms with Crippen LogP contribution in [0.15, 0.2) is 22.7 Å². The summed E-state index contributed by atoms with van der Waals surface area (Å²) in [6, 6.07) is 6.10. The van der Waals surface area contributed by atoms with Crippen molar-refractivity contribution >= 4 is 21.9 Å². The highest BCUT2D eigenvalue weighted by molar-refractivity contribution is 9.10. The molecular weight excluding hydrogens is 268 g/mol. The van der Waals surface area contributed by atoms with Crippen molar-refractivity contribution in [1.29, 1.82) is 0 Å². The molecule has 0 aromatic heterocycles. The van der Waals surface area contributed by atoms with Gasteiger partial charge in [-0.3, -0.25) is 4.79 Å². The lowest BCUT2D eigenvalue weighted by atomic mass is 9.86. The highest BCUT2D eigenvalue weighted by Gasteiger charge is 2.15. The Labute approximate surface area is 105 Å². The minimum atomic E-state index is -0.218. The number of hydrogen-bond acceptors (Lipinski definition) is 2. The van der Waals surface area contributed by atoms with Gasteiger partial charge in [-0.1, -0.05) is 48.8 Å². The van der Waals surface area contributed by atoms with Gasteiger partial charge in [-0.2, -0.15) is 0 Å². The van der Waals surface area contributed by atoms with Gasteiger partial charge < -0.3 is 4.74 Å². The smallest absolute Gasteiger partial charge is 0.310 e. The van der Waals surface area contributed by atoms with Gasteiger partial charge in [0, 0.05) is 4.47 Å². The van der Waals surface area contributed by atoms with Crippen LogP contribution >= 0.6 is 15.9 Å². The van der Waals surface area contributed by atoms with Gasteiger partial charge in [0.1, 0.15) is 0 Å². The molecule has 0 radical (unpaired) electrons. The first-order chi connectivity index (χ1) is 7.34. The number of carbonyl (C=O) groups is 1. The van der Waals surface area contributed by atoms with Crippen LogP contribution < -0.4 is 0 Å². The van der Waals surface area contributed by atoms with Crippen LogP contribution in [0.2, 0.25) is 0 Å². The molecule has 0 heterocycles. The van der Waals surface area contributed by atoms with Gasteiger partial charge in [0.15, 0.2) is 0 Å². The van der Waals surface area contributed by atoms with Crippen molar-refractivity contribution in [2.45, 2.75) is 32.6 Å². The van der Waals surface area contributed by atoms with E-state index < -0.39 is 0 Å². The molecule has 0 aliphatic heterocycles. The lowest BCUT2D eigenvalue weighted by Gasteiger charge is -2.20. The van der Waals surface area contributed by atoms with E-state index in [1.165, 1.54) is 12.7 Å². The Kier molecular flexibility index (Phi) is 4.14. The first kappa shape index (κ1) is 13.2. The number of rotatable bonds is 2. The minimum absolute atomic E-state index is 0.117. The Hall–Kier alpha value is -0.830. The molecule has 0 unspecified atom stereocenters. The largest absolute Gasteiger partial charge is 0.469 e. The zero-order chi connectivity index (χ0) is 12.3. The predicted octanol–water partition coefficient (Wildman–Crippen LogP) is 3.46. The molecule has 0 spiro atoms. The van der Waals surface area contributed by atoms with Crippen LogP contribution in [0, 0.1) is 0 Å². The number of hydrogen-bond donors (Lipinski definition) is 0. The first-order valence-corrected chi connectivity index (χ1v) is 5.99. The fourth-order valence-corrected chi connectivity index (χ4v) is 1.90. The Morgan fingerprint density at radius 3 is 2.44 bits per heavy atom. The molecule has 0 aliphatic rings. The third-order valence-corrected chi connectivity index (χ3v) is 3.22. The van der Waals surface area contributed by atoms with Crippen molar-refractivity contribution in [3.05, 3.63) is 33.8 Å². The van der Waals surface area contributed by atoms with Crippen molar-refractivity contribution < 1.29 is 9.53 Å². The number of methoxy groups -OCH3 is 1. The SMILES string of the molecule is COC(=O)Cc1ccc(C(C)(C)C)cc1Br. The number of esters is 1.